The first kappa shape index (κ1) is 37.9. The number of hydrogen-bond acceptors (Lipinski definition) is 3. The number of hydrogen-bond donors (Lipinski definition) is 1. The van der Waals surface area contributed by atoms with Gasteiger partial charge in [-0.1, -0.05) is 165 Å². The molecule has 0 aliphatic carbocycles. The number of nitrogens with one attached hydrogen (secondary N) is 1. The number of nitrogens with zero attached hydrogens (tertiary/aromatic N) is 3. The Kier molecular flexibility index (Phi) is 8.38. The summed E-state index contributed by atoms with van der Waals surface area (Å²) in [6.45, 7) is 2.32. The van der Waals surface area contributed by atoms with E-state index in [-0.39, 0.29) is 18.1 Å². The molecule has 0 saturated heterocycles. The lowest BCUT2D eigenvalue weighted by molar-refractivity contribution is 0.259. The predicted molar refractivity (Wildman–Crippen MR) is 280 cm³/mol. The SMILES string of the molecule is CC[C@H]1C(c2cc(-n3c4cc5ccccc5cc4c4cc5ccccc5cc43)c3oc4ccccc4c3c2)NC(c2ccc(-c3ccccc3)cc2)=NC1n1c2ccccc2c2ccccc21. The highest BCUT2D eigenvalue weighted by molar-refractivity contribution is 6.18. The van der Waals surface area contributed by atoms with E-state index in [0.717, 1.165) is 56.5 Å². The zero-order valence-corrected chi connectivity index (χ0v) is 36.9. The lowest BCUT2D eigenvalue weighted by atomic mass is 9.85. The number of benzene rings is 10. The fourth-order valence-corrected chi connectivity index (χ4v) is 11.4. The number of furan rings is 1. The number of fused-ring (bicyclic) bond motifs is 11. The molecule has 0 fully saturated rings. The third-order valence-electron chi connectivity index (χ3n) is 14.6. The Morgan fingerprint density at radius 3 is 1.61 bits per heavy atom. The Morgan fingerprint density at radius 1 is 0.463 bits per heavy atom. The average molecular weight is 861 g/mol. The van der Waals surface area contributed by atoms with Gasteiger partial charge in [-0.25, -0.2) is 4.99 Å². The minimum atomic E-state index is -0.212. The highest BCUT2D eigenvalue weighted by atomic mass is 16.3. The van der Waals surface area contributed by atoms with Crippen molar-refractivity contribution in [1.82, 2.24) is 14.5 Å². The smallest absolute Gasteiger partial charge is 0.159 e. The minimum absolute atomic E-state index is 0.0704. The molecule has 1 aliphatic heterocycles. The zero-order chi connectivity index (χ0) is 44.2. The van der Waals surface area contributed by atoms with Crippen molar-refractivity contribution in [3.8, 4) is 16.8 Å². The first-order chi connectivity index (χ1) is 33.2. The van der Waals surface area contributed by atoms with Gasteiger partial charge >= 0.3 is 0 Å². The van der Waals surface area contributed by atoms with Crippen LogP contribution in [0.5, 0.6) is 0 Å². The van der Waals surface area contributed by atoms with Crippen molar-refractivity contribution in [2.24, 2.45) is 10.9 Å². The lowest BCUT2D eigenvalue weighted by Crippen LogP contribution is -2.42. The second-order valence-corrected chi connectivity index (χ2v) is 18.2. The van der Waals surface area contributed by atoms with Crippen LogP contribution < -0.4 is 5.32 Å². The van der Waals surface area contributed by atoms with E-state index in [1.54, 1.807) is 0 Å². The van der Waals surface area contributed by atoms with Gasteiger partial charge in [-0.05, 0) is 99.3 Å². The summed E-state index contributed by atoms with van der Waals surface area (Å²) in [7, 11) is 0. The van der Waals surface area contributed by atoms with Gasteiger partial charge in [0, 0.05) is 43.8 Å². The maximum absolute atomic E-state index is 7.02. The lowest BCUT2D eigenvalue weighted by Gasteiger charge is -2.39. The van der Waals surface area contributed by atoms with Gasteiger partial charge in [0.1, 0.15) is 17.6 Å². The summed E-state index contributed by atoms with van der Waals surface area (Å²) in [5.74, 6) is 0.954. The predicted octanol–water partition coefficient (Wildman–Crippen LogP) is 16.1. The van der Waals surface area contributed by atoms with Crippen LogP contribution in [0.25, 0.3) is 104 Å². The summed E-state index contributed by atoms with van der Waals surface area (Å²) < 4.78 is 12.0. The van der Waals surface area contributed by atoms with Crippen molar-refractivity contribution in [1.29, 1.82) is 0 Å². The van der Waals surface area contributed by atoms with Crippen molar-refractivity contribution < 1.29 is 4.42 Å². The molecule has 318 valence electrons. The standard InChI is InChI=1S/C62H44N4O/c1-2-46-59(63-61(40-30-28-39(29-31-40)38-16-4-3-5-17-38)64-62(46)66-53-25-13-10-22-47(53)48-23-11-14-26-54(48)66)45-34-52-49-24-12-15-27-58(49)67-60(52)57(37-45)65-55-35-43-20-8-6-18-41(43)32-50(55)51-33-42-19-7-9-21-44(42)36-56(51)65/h3-37,46,59,62H,2H2,1H3,(H,63,64)/t46-,59?,62?/m0/s1. The molecular formula is C62H44N4O. The van der Waals surface area contributed by atoms with E-state index < -0.39 is 0 Å². The first-order valence-corrected chi connectivity index (χ1v) is 23.5. The number of aliphatic imine (C=N–C) groups is 1. The van der Waals surface area contributed by atoms with Gasteiger partial charge in [0.2, 0.25) is 0 Å². The van der Waals surface area contributed by atoms with E-state index in [1.807, 2.05) is 0 Å². The van der Waals surface area contributed by atoms with Crippen LogP contribution in [0.4, 0.5) is 0 Å². The molecule has 5 heteroatoms. The van der Waals surface area contributed by atoms with Gasteiger partial charge in [0.25, 0.3) is 0 Å². The van der Waals surface area contributed by atoms with Crippen LogP contribution in [0.2, 0.25) is 0 Å². The molecule has 10 aromatic carbocycles. The van der Waals surface area contributed by atoms with Crippen molar-refractivity contribution in [2.75, 3.05) is 0 Å². The summed E-state index contributed by atoms with van der Waals surface area (Å²) in [5.41, 5.74) is 12.1. The van der Waals surface area contributed by atoms with E-state index in [9.17, 15) is 0 Å². The Hall–Kier alpha value is -8.41. The van der Waals surface area contributed by atoms with E-state index in [4.69, 9.17) is 9.41 Å². The van der Waals surface area contributed by atoms with Crippen LogP contribution in [-0.2, 0) is 0 Å². The van der Waals surface area contributed by atoms with Crippen molar-refractivity contribution in [2.45, 2.75) is 25.6 Å². The number of para-hydroxylation sites is 3. The molecule has 2 unspecified atom stereocenters. The van der Waals surface area contributed by atoms with Crippen LogP contribution in [0.1, 0.15) is 36.7 Å². The molecule has 3 aromatic heterocycles. The normalized spacial score (nSPS) is 16.6. The fraction of sp³-hybridized carbons (Fsp3) is 0.0806. The van der Waals surface area contributed by atoms with Gasteiger partial charge in [0.15, 0.2) is 5.58 Å². The second kappa shape index (κ2) is 14.8. The molecule has 5 nitrogen and oxygen atoms in total. The van der Waals surface area contributed by atoms with Crippen molar-refractivity contribution in [3.05, 3.63) is 223 Å². The fourth-order valence-electron chi connectivity index (χ4n) is 11.4. The van der Waals surface area contributed by atoms with Crippen LogP contribution >= 0.6 is 0 Å². The van der Waals surface area contributed by atoms with Gasteiger partial charge in [-0.3, -0.25) is 0 Å². The van der Waals surface area contributed by atoms with Crippen molar-refractivity contribution >= 4 is 92.9 Å². The van der Waals surface area contributed by atoms with E-state index >= 15 is 0 Å². The zero-order valence-electron chi connectivity index (χ0n) is 36.9. The summed E-state index contributed by atoms with van der Waals surface area (Å²) in [6.07, 6.45) is 0.677. The summed E-state index contributed by atoms with van der Waals surface area (Å²) >= 11 is 0. The number of amidine groups is 1. The Morgan fingerprint density at radius 2 is 0.985 bits per heavy atom. The molecule has 13 aromatic rings. The third-order valence-corrected chi connectivity index (χ3v) is 14.6. The summed E-state index contributed by atoms with van der Waals surface area (Å²) in [6, 6.07) is 77.2. The van der Waals surface area contributed by atoms with E-state index in [0.29, 0.717) is 0 Å². The van der Waals surface area contributed by atoms with Crippen LogP contribution in [0.15, 0.2) is 222 Å². The summed E-state index contributed by atoms with van der Waals surface area (Å²) in [5, 5.41) is 16.1. The summed E-state index contributed by atoms with van der Waals surface area (Å²) in [4.78, 5) is 5.78. The van der Waals surface area contributed by atoms with Crippen LogP contribution in [0.3, 0.4) is 0 Å². The van der Waals surface area contributed by atoms with E-state index in [1.165, 1.54) is 70.8 Å². The monoisotopic (exact) mass is 860 g/mol. The molecular weight excluding hydrogens is 817 g/mol. The van der Waals surface area contributed by atoms with Gasteiger partial charge in [-0.2, -0.15) is 0 Å². The van der Waals surface area contributed by atoms with Crippen molar-refractivity contribution in [3.63, 3.8) is 0 Å². The Bertz CT molecular complexity index is 3990. The maximum atomic E-state index is 7.02. The Balaban J connectivity index is 1.04. The van der Waals surface area contributed by atoms with Crippen LogP contribution in [-0.4, -0.2) is 15.0 Å². The molecule has 0 spiro atoms. The van der Waals surface area contributed by atoms with Gasteiger partial charge in [-0.15, -0.1) is 0 Å². The molecule has 0 amide bonds. The maximum Gasteiger partial charge on any atom is 0.159 e. The minimum Gasteiger partial charge on any atom is -0.454 e. The molecule has 0 bridgehead atoms. The largest absolute Gasteiger partial charge is 0.454 e. The molecule has 0 saturated carbocycles. The molecule has 1 aliphatic rings. The molecule has 14 rings (SSSR count). The first-order valence-electron chi connectivity index (χ1n) is 23.5. The quantitative estimate of drug-likeness (QED) is 0.181. The van der Waals surface area contributed by atoms with Crippen LogP contribution in [0, 0.1) is 5.92 Å². The molecule has 0 radical (unpaired) electrons. The molecule has 3 atom stereocenters. The number of aromatic nitrogens is 2. The average Bonchev–Trinajstić information content (AvgIpc) is 4.04. The highest BCUT2D eigenvalue weighted by Crippen LogP contribution is 2.47. The van der Waals surface area contributed by atoms with Gasteiger partial charge in [0.05, 0.1) is 33.8 Å². The highest BCUT2D eigenvalue weighted by Gasteiger charge is 2.38. The van der Waals surface area contributed by atoms with E-state index in [2.05, 4.69) is 234 Å². The second-order valence-electron chi connectivity index (χ2n) is 18.2. The molecule has 67 heavy (non-hydrogen) atoms. The number of rotatable bonds is 6. The topological polar surface area (TPSA) is 47.4 Å². The molecule has 1 N–H and O–H groups in total. The Labute approximate surface area is 386 Å². The van der Waals surface area contributed by atoms with Gasteiger partial charge < -0.3 is 18.9 Å². The third kappa shape index (κ3) is 5.84. The molecule has 4 heterocycles.